The van der Waals surface area contributed by atoms with Crippen molar-refractivity contribution in [3.63, 3.8) is 0 Å². The van der Waals surface area contributed by atoms with Crippen LogP contribution in [0.2, 0.25) is 0 Å². The molecule has 0 saturated heterocycles. The van der Waals surface area contributed by atoms with Gasteiger partial charge in [0.25, 0.3) is 0 Å². The van der Waals surface area contributed by atoms with Crippen molar-refractivity contribution in [2.75, 3.05) is 11.1 Å². The largest absolute Gasteiger partial charge is 0.397 e. The molecule has 2 rings (SSSR count). The molecule has 1 aromatic heterocycles. The summed E-state index contributed by atoms with van der Waals surface area (Å²) in [5.41, 5.74) is 11.1. The van der Waals surface area contributed by atoms with Crippen LogP contribution in [-0.4, -0.2) is 4.98 Å². The maximum atomic E-state index is 5.74. The maximum Gasteiger partial charge on any atom is 0.130 e. The summed E-state index contributed by atoms with van der Waals surface area (Å²) in [5, 5.41) is 3.27. The summed E-state index contributed by atoms with van der Waals surface area (Å²) in [5.74, 6) is 0.819. The lowest BCUT2D eigenvalue weighted by Gasteiger charge is -2.09. The van der Waals surface area contributed by atoms with Gasteiger partial charge in [0, 0.05) is 5.69 Å². The van der Waals surface area contributed by atoms with Gasteiger partial charge in [-0.3, -0.25) is 0 Å². The molecule has 1 heterocycles. The summed E-state index contributed by atoms with van der Waals surface area (Å²) in [7, 11) is 0. The second-order valence-corrected chi connectivity index (χ2v) is 4.35. The molecule has 1 aromatic carbocycles. The first kappa shape index (κ1) is 11.5. The van der Waals surface area contributed by atoms with Gasteiger partial charge in [-0.15, -0.1) is 0 Å². The van der Waals surface area contributed by atoms with Crippen molar-refractivity contribution < 1.29 is 0 Å². The monoisotopic (exact) mass is 227 g/mol. The number of nitrogen functional groups attached to an aromatic ring is 1. The van der Waals surface area contributed by atoms with E-state index in [2.05, 4.69) is 42.3 Å². The van der Waals surface area contributed by atoms with Crippen molar-refractivity contribution in [2.45, 2.75) is 20.8 Å². The van der Waals surface area contributed by atoms with Gasteiger partial charge in [-0.2, -0.15) is 0 Å². The van der Waals surface area contributed by atoms with Gasteiger partial charge in [0.05, 0.1) is 11.9 Å². The van der Waals surface area contributed by atoms with Gasteiger partial charge in [-0.25, -0.2) is 4.98 Å². The van der Waals surface area contributed by atoms with Gasteiger partial charge in [0.15, 0.2) is 0 Å². The fourth-order valence-corrected chi connectivity index (χ4v) is 1.60. The number of hydrogen-bond acceptors (Lipinski definition) is 3. The van der Waals surface area contributed by atoms with Crippen molar-refractivity contribution in [2.24, 2.45) is 0 Å². The van der Waals surface area contributed by atoms with Crippen molar-refractivity contribution in [1.82, 2.24) is 4.98 Å². The first-order valence-corrected chi connectivity index (χ1v) is 5.62. The molecule has 3 heteroatoms. The number of pyridine rings is 1. The van der Waals surface area contributed by atoms with E-state index in [0.29, 0.717) is 0 Å². The van der Waals surface area contributed by atoms with Crippen LogP contribution in [-0.2, 0) is 0 Å². The van der Waals surface area contributed by atoms with Gasteiger partial charge in [-0.1, -0.05) is 6.07 Å². The Kier molecular flexibility index (Phi) is 3.00. The molecule has 3 nitrogen and oxygen atoms in total. The van der Waals surface area contributed by atoms with Crippen molar-refractivity contribution >= 4 is 17.2 Å². The number of rotatable bonds is 2. The van der Waals surface area contributed by atoms with Crippen LogP contribution in [0, 0.1) is 20.8 Å². The molecule has 0 aliphatic heterocycles. The highest BCUT2D eigenvalue weighted by molar-refractivity contribution is 5.60. The summed E-state index contributed by atoms with van der Waals surface area (Å²) < 4.78 is 0. The lowest BCUT2D eigenvalue weighted by Crippen LogP contribution is -1.97. The van der Waals surface area contributed by atoms with E-state index in [0.717, 1.165) is 22.8 Å². The molecular formula is C14H17N3. The Balaban J connectivity index is 2.25. The average molecular weight is 227 g/mol. The topological polar surface area (TPSA) is 50.9 Å². The molecule has 2 aromatic rings. The van der Waals surface area contributed by atoms with Crippen LogP contribution >= 0.6 is 0 Å². The first-order chi connectivity index (χ1) is 8.06. The fourth-order valence-electron chi connectivity index (χ4n) is 1.60. The van der Waals surface area contributed by atoms with Gasteiger partial charge in [-0.05, 0) is 55.7 Å². The highest BCUT2D eigenvalue weighted by atomic mass is 15.0. The number of nitrogens with zero attached hydrogens (tertiary/aromatic N) is 1. The second kappa shape index (κ2) is 4.45. The molecule has 0 amide bonds. The van der Waals surface area contributed by atoms with E-state index in [1.165, 1.54) is 11.1 Å². The zero-order valence-electron chi connectivity index (χ0n) is 10.4. The molecule has 0 saturated carbocycles. The number of anilines is 3. The lowest BCUT2D eigenvalue weighted by atomic mass is 10.1. The average Bonchev–Trinajstić information content (AvgIpc) is 2.29. The van der Waals surface area contributed by atoms with Crippen molar-refractivity contribution in [1.29, 1.82) is 0 Å². The van der Waals surface area contributed by atoms with Crippen LogP contribution in [0.1, 0.15) is 16.7 Å². The lowest BCUT2D eigenvalue weighted by molar-refractivity contribution is 1.27. The van der Waals surface area contributed by atoms with Crippen LogP contribution in [0.3, 0.4) is 0 Å². The van der Waals surface area contributed by atoms with Crippen LogP contribution in [0.25, 0.3) is 0 Å². The standard InChI is InChI=1S/C14H17N3/c1-9-4-5-12(6-10(9)2)17-14-7-11(3)13(15)8-16-14/h4-8H,15H2,1-3H3,(H,16,17). The smallest absolute Gasteiger partial charge is 0.130 e. The van der Waals surface area contributed by atoms with Gasteiger partial charge in [0.2, 0.25) is 0 Å². The van der Waals surface area contributed by atoms with E-state index in [-0.39, 0.29) is 0 Å². The summed E-state index contributed by atoms with van der Waals surface area (Å²) in [6.07, 6.45) is 1.68. The number of aromatic nitrogens is 1. The Bertz CT molecular complexity index is 498. The highest BCUT2D eigenvalue weighted by Gasteiger charge is 2.00. The van der Waals surface area contributed by atoms with Gasteiger partial charge in [0.1, 0.15) is 5.82 Å². The summed E-state index contributed by atoms with van der Waals surface area (Å²) >= 11 is 0. The van der Waals surface area contributed by atoms with E-state index in [9.17, 15) is 0 Å². The molecule has 0 atom stereocenters. The maximum absolute atomic E-state index is 5.74. The van der Waals surface area contributed by atoms with E-state index in [4.69, 9.17) is 5.73 Å². The van der Waals surface area contributed by atoms with Crippen LogP contribution in [0.4, 0.5) is 17.2 Å². The molecule has 0 aliphatic rings. The molecule has 88 valence electrons. The quantitative estimate of drug-likeness (QED) is 0.827. The van der Waals surface area contributed by atoms with Gasteiger partial charge < -0.3 is 11.1 Å². The Hall–Kier alpha value is -2.03. The van der Waals surface area contributed by atoms with E-state index in [1.807, 2.05) is 13.0 Å². The summed E-state index contributed by atoms with van der Waals surface area (Å²) in [6, 6.07) is 8.21. The Morgan fingerprint density at radius 2 is 1.76 bits per heavy atom. The first-order valence-electron chi connectivity index (χ1n) is 5.62. The van der Waals surface area contributed by atoms with E-state index >= 15 is 0 Å². The zero-order valence-corrected chi connectivity index (χ0v) is 10.4. The predicted octanol–water partition coefficient (Wildman–Crippen LogP) is 3.33. The minimum absolute atomic E-state index is 0.718. The number of benzene rings is 1. The molecule has 0 radical (unpaired) electrons. The number of nitrogens with one attached hydrogen (secondary N) is 1. The summed E-state index contributed by atoms with van der Waals surface area (Å²) in [6.45, 7) is 6.18. The Labute approximate surface area is 102 Å². The molecule has 0 unspecified atom stereocenters. The zero-order chi connectivity index (χ0) is 12.4. The number of aryl methyl sites for hydroxylation is 3. The Morgan fingerprint density at radius 3 is 2.41 bits per heavy atom. The van der Waals surface area contributed by atoms with Crippen molar-refractivity contribution in [3.05, 3.63) is 47.2 Å². The number of nitrogens with two attached hydrogens (primary N) is 1. The van der Waals surface area contributed by atoms with Crippen molar-refractivity contribution in [3.8, 4) is 0 Å². The minimum Gasteiger partial charge on any atom is -0.397 e. The number of hydrogen-bond donors (Lipinski definition) is 2. The van der Waals surface area contributed by atoms with E-state index < -0.39 is 0 Å². The van der Waals surface area contributed by atoms with E-state index in [1.54, 1.807) is 6.20 Å². The normalized spacial score (nSPS) is 10.3. The molecule has 0 bridgehead atoms. The Morgan fingerprint density at radius 1 is 1.00 bits per heavy atom. The van der Waals surface area contributed by atoms with Crippen LogP contribution in [0.5, 0.6) is 0 Å². The third-order valence-electron chi connectivity index (χ3n) is 2.93. The second-order valence-electron chi connectivity index (χ2n) is 4.35. The SMILES string of the molecule is Cc1ccc(Nc2cc(C)c(N)cn2)cc1C. The summed E-state index contributed by atoms with van der Waals surface area (Å²) in [4.78, 5) is 4.25. The van der Waals surface area contributed by atoms with Crippen LogP contribution < -0.4 is 11.1 Å². The molecule has 0 spiro atoms. The van der Waals surface area contributed by atoms with Crippen LogP contribution in [0.15, 0.2) is 30.5 Å². The third kappa shape index (κ3) is 2.56. The molecule has 17 heavy (non-hydrogen) atoms. The molecule has 0 aliphatic carbocycles. The molecule has 3 N–H and O–H groups in total. The predicted molar refractivity (Wildman–Crippen MR) is 72.6 cm³/mol. The minimum atomic E-state index is 0.718. The fraction of sp³-hybridized carbons (Fsp3) is 0.214. The molecule has 0 fully saturated rings. The van der Waals surface area contributed by atoms with Gasteiger partial charge >= 0.3 is 0 Å². The molecular weight excluding hydrogens is 210 g/mol. The highest BCUT2D eigenvalue weighted by Crippen LogP contribution is 2.20. The third-order valence-corrected chi connectivity index (χ3v) is 2.93.